The Hall–Kier alpha value is -1.35. The molecule has 2 aliphatic rings. The van der Waals surface area contributed by atoms with E-state index in [-0.39, 0.29) is 46.8 Å². The molecule has 1 atom stereocenters. The van der Waals surface area contributed by atoms with Gasteiger partial charge in [-0.3, -0.25) is 9.69 Å². The minimum absolute atomic E-state index is 0. The normalized spacial score (nSPS) is 22.9. The van der Waals surface area contributed by atoms with E-state index in [0.29, 0.717) is 6.54 Å². The van der Waals surface area contributed by atoms with Crippen LogP contribution in [0.15, 0.2) is 29.3 Å². The second-order valence-electron chi connectivity index (χ2n) is 10.00. The molecule has 1 aromatic rings. The van der Waals surface area contributed by atoms with Crippen LogP contribution in [0, 0.1) is 11.3 Å². The summed E-state index contributed by atoms with van der Waals surface area (Å²) in [6.07, 6.45) is 1.95. The summed E-state index contributed by atoms with van der Waals surface area (Å²) in [5.41, 5.74) is 8.37. The third-order valence-corrected chi connectivity index (χ3v) is 7.19. The fourth-order valence-electron chi connectivity index (χ4n) is 4.48. The van der Waals surface area contributed by atoms with E-state index < -0.39 is 0 Å². The summed E-state index contributed by atoms with van der Waals surface area (Å²) < 4.78 is 0. The van der Waals surface area contributed by atoms with Crippen molar-refractivity contribution in [2.24, 2.45) is 22.1 Å². The van der Waals surface area contributed by atoms with Gasteiger partial charge in [-0.25, -0.2) is 4.99 Å². The van der Waals surface area contributed by atoms with Crippen LogP contribution in [-0.2, 0) is 17.9 Å². The van der Waals surface area contributed by atoms with Gasteiger partial charge in [0, 0.05) is 37.1 Å². The van der Waals surface area contributed by atoms with Crippen molar-refractivity contribution in [3.05, 3.63) is 35.4 Å². The number of hydrogen-bond acceptors (Lipinski definition) is 3. The van der Waals surface area contributed by atoms with Gasteiger partial charge in [0.05, 0.1) is 12.5 Å². The zero-order valence-corrected chi connectivity index (χ0v) is 22.1. The van der Waals surface area contributed by atoms with Crippen LogP contribution >= 0.6 is 24.0 Å². The number of halogens is 1. The van der Waals surface area contributed by atoms with Crippen LogP contribution in [0.2, 0.25) is 0 Å². The summed E-state index contributed by atoms with van der Waals surface area (Å²) in [6.45, 7) is 16.5. The largest absolute Gasteiger partial charge is 0.369 e. The first-order valence-electron chi connectivity index (χ1n) is 11.3. The Bertz CT molecular complexity index is 792. The number of nitrogens with zero attached hydrogens (tertiary/aromatic N) is 3. The zero-order valence-electron chi connectivity index (χ0n) is 19.8. The lowest BCUT2D eigenvalue weighted by molar-refractivity contribution is -0.123. The van der Waals surface area contributed by atoms with Crippen molar-refractivity contribution in [2.75, 3.05) is 26.2 Å². The van der Waals surface area contributed by atoms with Crippen molar-refractivity contribution in [3.8, 4) is 0 Å². The van der Waals surface area contributed by atoms with E-state index in [1.165, 1.54) is 11.1 Å². The Morgan fingerprint density at radius 1 is 1.26 bits per heavy atom. The van der Waals surface area contributed by atoms with E-state index in [4.69, 9.17) is 10.7 Å². The Kier molecular flexibility index (Phi) is 8.78. The fraction of sp³-hybridized carbons (Fsp3) is 0.667. The van der Waals surface area contributed by atoms with Gasteiger partial charge in [-0.2, -0.15) is 0 Å². The van der Waals surface area contributed by atoms with Gasteiger partial charge in [-0.05, 0) is 51.3 Å². The molecule has 0 bridgehead atoms. The Morgan fingerprint density at radius 2 is 1.97 bits per heavy atom. The number of nitrogens with one attached hydrogen (secondary N) is 1. The van der Waals surface area contributed by atoms with Gasteiger partial charge in [-0.1, -0.05) is 38.1 Å². The van der Waals surface area contributed by atoms with E-state index in [2.05, 4.69) is 74.0 Å². The van der Waals surface area contributed by atoms with Gasteiger partial charge in [0.2, 0.25) is 5.91 Å². The van der Waals surface area contributed by atoms with Gasteiger partial charge in [-0.15, -0.1) is 24.0 Å². The van der Waals surface area contributed by atoms with Gasteiger partial charge >= 0.3 is 0 Å². The highest BCUT2D eigenvalue weighted by Gasteiger charge is 2.53. The summed E-state index contributed by atoms with van der Waals surface area (Å²) in [5.74, 6) is 0.807. The lowest BCUT2D eigenvalue weighted by Crippen LogP contribution is -2.72. The molecule has 1 aromatic carbocycles. The van der Waals surface area contributed by atoms with Crippen molar-refractivity contribution >= 4 is 35.8 Å². The van der Waals surface area contributed by atoms with Crippen molar-refractivity contribution in [1.29, 1.82) is 0 Å². The van der Waals surface area contributed by atoms with E-state index in [0.717, 1.165) is 51.5 Å². The average molecular weight is 542 g/mol. The molecule has 0 radical (unpaired) electrons. The molecule has 174 valence electrons. The Balaban J connectivity index is 0.00000341. The highest BCUT2D eigenvalue weighted by Crippen LogP contribution is 2.46. The van der Waals surface area contributed by atoms with Crippen LogP contribution in [0.5, 0.6) is 0 Å². The first-order chi connectivity index (χ1) is 14.1. The van der Waals surface area contributed by atoms with Gasteiger partial charge in [0.15, 0.2) is 5.96 Å². The minimum atomic E-state index is -0.171. The molecule has 2 saturated heterocycles. The van der Waals surface area contributed by atoms with Crippen molar-refractivity contribution in [3.63, 3.8) is 0 Å². The number of guanidine groups is 1. The molecule has 2 fully saturated rings. The van der Waals surface area contributed by atoms with Crippen molar-refractivity contribution in [2.45, 2.75) is 66.1 Å². The summed E-state index contributed by atoms with van der Waals surface area (Å²) >= 11 is 0. The first-order valence-corrected chi connectivity index (χ1v) is 11.3. The molecule has 7 heteroatoms. The van der Waals surface area contributed by atoms with Gasteiger partial charge in [0.1, 0.15) is 0 Å². The smallest absolute Gasteiger partial charge is 0.221 e. The molecule has 31 heavy (non-hydrogen) atoms. The quantitative estimate of drug-likeness (QED) is 0.328. The van der Waals surface area contributed by atoms with Crippen LogP contribution in [0.1, 0.15) is 58.6 Å². The summed E-state index contributed by atoms with van der Waals surface area (Å²) in [7, 11) is 0. The number of benzene rings is 1. The SMILES string of the molecule is CCNC(=NCc1cccc(CN2CCCC(C(N)=O)C2)c1)N1CC(C)(C)C1(C)C.I. The standard InChI is InChI=1S/C24H39N5O.HI/c1-6-26-22(29-17-23(2,3)24(29,4)5)27-14-18-9-7-10-19(13-18)15-28-12-8-11-20(16-28)21(25)30;/h7,9-10,13,20H,6,8,11-12,14-17H2,1-5H3,(H2,25,30)(H,26,27);1H. The fourth-order valence-corrected chi connectivity index (χ4v) is 4.48. The Labute approximate surface area is 205 Å². The third kappa shape index (κ3) is 5.92. The molecule has 3 rings (SSSR count). The summed E-state index contributed by atoms with van der Waals surface area (Å²) in [5, 5.41) is 3.47. The van der Waals surface area contributed by atoms with Crippen LogP contribution in [0.3, 0.4) is 0 Å². The molecule has 0 spiro atoms. The second-order valence-corrected chi connectivity index (χ2v) is 10.00. The maximum Gasteiger partial charge on any atom is 0.221 e. The van der Waals surface area contributed by atoms with Gasteiger partial charge in [0.25, 0.3) is 0 Å². The van der Waals surface area contributed by atoms with Crippen molar-refractivity contribution < 1.29 is 4.79 Å². The third-order valence-electron chi connectivity index (χ3n) is 7.19. The first kappa shape index (κ1) is 25.9. The van der Waals surface area contributed by atoms with Crippen LogP contribution < -0.4 is 11.1 Å². The maximum atomic E-state index is 11.6. The number of likely N-dealkylation sites (tertiary alicyclic amines) is 2. The van der Waals surface area contributed by atoms with Crippen LogP contribution in [0.25, 0.3) is 0 Å². The highest BCUT2D eigenvalue weighted by atomic mass is 127. The molecular weight excluding hydrogens is 501 g/mol. The van der Waals surface area contributed by atoms with E-state index in [9.17, 15) is 4.79 Å². The average Bonchev–Trinajstić information content (AvgIpc) is 2.70. The zero-order chi connectivity index (χ0) is 21.9. The topological polar surface area (TPSA) is 74.0 Å². The number of amides is 1. The molecule has 0 aromatic heterocycles. The second kappa shape index (κ2) is 10.5. The number of nitrogens with two attached hydrogens (primary N) is 1. The number of piperidine rings is 1. The lowest BCUT2D eigenvalue weighted by Gasteiger charge is -2.62. The van der Waals surface area contributed by atoms with E-state index in [1.54, 1.807) is 0 Å². The summed E-state index contributed by atoms with van der Waals surface area (Å²) in [4.78, 5) is 21.2. The monoisotopic (exact) mass is 541 g/mol. The van der Waals surface area contributed by atoms with E-state index in [1.807, 2.05) is 0 Å². The molecule has 1 amide bonds. The highest BCUT2D eigenvalue weighted by molar-refractivity contribution is 14.0. The number of carbonyl (C=O) groups excluding carboxylic acids is 1. The molecule has 0 saturated carbocycles. The van der Waals surface area contributed by atoms with Crippen molar-refractivity contribution in [1.82, 2.24) is 15.1 Å². The number of aliphatic imine (C=N–C) groups is 1. The predicted octanol–water partition coefficient (Wildman–Crippen LogP) is 3.59. The molecule has 0 aliphatic carbocycles. The molecule has 6 nitrogen and oxygen atoms in total. The molecule has 1 unspecified atom stereocenters. The molecule has 2 aliphatic heterocycles. The van der Waals surface area contributed by atoms with Crippen LogP contribution in [-0.4, -0.2) is 53.4 Å². The minimum Gasteiger partial charge on any atom is -0.369 e. The van der Waals surface area contributed by atoms with Gasteiger partial charge < -0.3 is 16.0 Å². The molecule has 2 heterocycles. The lowest BCUT2D eigenvalue weighted by atomic mass is 9.65. The number of primary amides is 1. The Morgan fingerprint density at radius 3 is 2.58 bits per heavy atom. The molecular formula is C24H40IN5O. The maximum absolute atomic E-state index is 11.6. The number of carbonyl (C=O) groups is 1. The number of rotatable bonds is 6. The number of hydrogen-bond donors (Lipinski definition) is 2. The predicted molar refractivity (Wildman–Crippen MR) is 138 cm³/mol. The van der Waals surface area contributed by atoms with Crippen LogP contribution in [0.4, 0.5) is 0 Å². The molecule has 3 N–H and O–H groups in total. The summed E-state index contributed by atoms with van der Waals surface area (Å²) in [6, 6.07) is 8.66. The van der Waals surface area contributed by atoms with E-state index >= 15 is 0 Å².